The van der Waals surface area contributed by atoms with E-state index in [0.29, 0.717) is 27.3 Å². The zero-order valence-corrected chi connectivity index (χ0v) is 23.8. The van der Waals surface area contributed by atoms with Gasteiger partial charge in [-0.1, -0.05) is 84.1 Å². The Bertz CT molecular complexity index is 1580. The Morgan fingerprint density at radius 3 is 2.59 bits per heavy atom. The summed E-state index contributed by atoms with van der Waals surface area (Å²) in [7, 11) is 1.61. The second-order valence-electron chi connectivity index (χ2n) is 8.77. The molecule has 1 aliphatic rings. The largest absolute Gasteiger partial charge is 0.493 e. The van der Waals surface area contributed by atoms with Gasteiger partial charge in [0.15, 0.2) is 15.8 Å². The monoisotopic (exact) mass is 589 g/mol. The molecule has 1 amide bonds. The van der Waals surface area contributed by atoms with Crippen LogP contribution < -0.4 is 14.4 Å². The summed E-state index contributed by atoms with van der Waals surface area (Å²) in [6.07, 6.45) is 1.84. The van der Waals surface area contributed by atoms with Gasteiger partial charge in [-0.3, -0.25) is 9.69 Å². The molecular weight excluding hydrogens is 566 g/mol. The third-order valence-electron chi connectivity index (χ3n) is 6.19. The fourth-order valence-electron chi connectivity index (χ4n) is 4.41. The van der Waals surface area contributed by atoms with Gasteiger partial charge in [-0.25, -0.2) is 0 Å². The molecule has 1 saturated heterocycles. The van der Waals surface area contributed by atoms with Crippen LogP contribution in [0.4, 0.5) is 5.69 Å². The van der Waals surface area contributed by atoms with Crippen LogP contribution in [0.15, 0.2) is 82.2 Å². The first kappa shape index (κ1) is 25.5. The van der Waals surface area contributed by atoms with Crippen molar-refractivity contribution < 1.29 is 14.3 Å². The number of thioether (sulfide) groups is 1. The highest BCUT2D eigenvalue weighted by Crippen LogP contribution is 2.41. The van der Waals surface area contributed by atoms with Crippen LogP contribution in [0, 0.1) is 13.8 Å². The SMILES string of the molecule is COc1cc(/C=C2\SC(=S)N(c3ccc(C)cc3C)C2=O)cc(Br)c1OCc1cccc2ccccc12. The van der Waals surface area contributed by atoms with Gasteiger partial charge < -0.3 is 9.47 Å². The predicted molar refractivity (Wildman–Crippen MR) is 161 cm³/mol. The van der Waals surface area contributed by atoms with Crippen molar-refractivity contribution in [2.75, 3.05) is 12.0 Å². The molecule has 186 valence electrons. The van der Waals surface area contributed by atoms with Crippen molar-refractivity contribution in [2.24, 2.45) is 0 Å². The molecule has 0 aliphatic carbocycles. The number of carbonyl (C=O) groups is 1. The van der Waals surface area contributed by atoms with Gasteiger partial charge in [0.1, 0.15) is 6.61 Å². The van der Waals surface area contributed by atoms with E-state index in [1.165, 1.54) is 17.1 Å². The number of carbonyl (C=O) groups excluding carboxylic acids is 1. The average molecular weight is 591 g/mol. The maximum absolute atomic E-state index is 13.3. The highest BCUT2D eigenvalue weighted by Gasteiger charge is 2.34. The first-order chi connectivity index (χ1) is 17.9. The van der Waals surface area contributed by atoms with Crippen LogP contribution in [-0.4, -0.2) is 17.3 Å². The van der Waals surface area contributed by atoms with Crippen LogP contribution >= 0.6 is 39.9 Å². The van der Waals surface area contributed by atoms with Gasteiger partial charge in [0, 0.05) is 0 Å². The molecular formula is C30H24BrNO3S2. The molecule has 0 N–H and O–H groups in total. The van der Waals surface area contributed by atoms with Crippen LogP contribution in [0.2, 0.25) is 0 Å². The molecule has 0 saturated carbocycles. The van der Waals surface area contributed by atoms with Gasteiger partial charge in [-0.2, -0.15) is 0 Å². The maximum Gasteiger partial charge on any atom is 0.270 e. The van der Waals surface area contributed by atoms with E-state index in [4.69, 9.17) is 21.7 Å². The lowest BCUT2D eigenvalue weighted by Gasteiger charge is -2.17. The summed E-state index contributed by atoms with van der Waals surface area (Å²) < 4.78 is 13.1. The lowest BCUT2D eigenvalue weighted by atomic mass is 10.1. The molecule has 0 bridgehead atoms. The van der Waals surface area contributed by atoms with E-state index in [-0.39, 0.29) is 5.91 Å². The number of ether oxygens (including phenoxy) is 2. The number of halogens is 1. The number of fused-ring (bicyclic) bond motifs is 1. The zero-order valence-electron chi connectivity index (χ0n) is 20.6. The first-order valence-corrected chi connectivity index (χ1v) is 13.7. The Labute approximate surface area is 234 Å². The number of methoxy groups -OCH3 is 1. The quantitative estimate of drug-likeness (QED) is 0.167. The van der Waals surface area contributed by atoms with Crippen molar-refractivity contribution in [1.82, 2.24) is 0 Å². The van der Waals surface area contributed by atoms with E-state index < -0.39 is 0 Å². The molecule has 0 radical (unpaired) electrons. The van der Waals surface area contributed by atoms with E-state index in [1.807, 2.05) is 62.4 Å². The topological polar surface area (TPSA) is 38.8 Å². The van der Waals surface area contributed by atoms with Gasteiger partial charge >= 0.3 is 0 Å². The zero-order chi connectivity index (χ0) is 26.1. The fraction of sp³-hybridized carbons (Fsp3) is 0.133. The summed E-state index contributed by atoms with van der Waals surface area (Å²) in [4.78, 5) is 15.5. The Morgan fingerprint density at radius 2 is 1.81 bits per heavy atom. The summed E-state index contributed by atoms with van der Waals surface area (Å²) in [5.74, 6) is 1.05. The molecule has 1 fully saturated rings. The summed E-state index contributed by atoms with van der Waals surface area (Å²) in [5, 5.41) is 2.32. The van der Waals surface area contributed by atoms with Crippen LogP contribution in [-0.2, 0) is 11.4 Å². The van der Waals surface area contributed by atoms with Crippen molar-refractivity contribution in [1.29, 1.82) is 0 Å². The number of hydrogen-bond acceptors (Lipinski definition) is 5. The number of amides is 1. The minimum atomic E-state index is -0.131. The second-order valence-corrected chi connectivity index (χ2v) is 11.3. The standard InChI is InChI=1S/C30H24BrNO3S2/c1-18-11-12-25(19(2)13-18)32-29(33)27(37-30(32)36)16-20-14-24(31)28(26(15-20)34-3)35-17-22-9-6-8-21-7-4-5-10-23(21)22/h4-16H,17H2,1-3H3/b27-16-. The lowest BCUT2D eigenvalue weighted by molar-refractivity contribution is -0.113. The number of anilines is 1. The number of nitrogens with zero attached hydrogens (tertiary/aromatic N) is 1. The molecule has 0 spiro atoms. The van der Waals surface area contributed by atoms with Gasteiger partial charge in [0.25, 0.3) is 5.91 Å². The maximum atomic E-state index is 13.3. The third-order valence-corrected chi connectivity index (χ3v) is 8.08. The predicted octanol–water partition coefficient (Wildman–Crippen LogP) is 8.21. The Hall–Kier alpha value is -3.13. The van der Waals surface area contributed by atoms with Crippen molar-refractivity contribution >= 4 is 72.7 Å². The van der Waals surface area contributed by atoms with E-state index in [9.17, 15) is 4.79 Å². The molecule has 37 heavy (non-hydrogen) atoms. The Morgan fingerprint density at radius 1 is 1.03 bits per heavy atom. The van der Waals surface area contributed by atoms with E-state index >= 15 is 0 Å². The normalized spacial score (nSPS) is 14.6. The van der Waals surface area contributed by atoms with Crippen molar-refractivity contribution in [2.45, 2.75) is 20.5 Å². The van der Waals surface area contributed by atoms with Crippen molar-refractivity contribution in [3.8, 4) is 11.5 Å². The van der Waals surface area contributed by atoms with Crippen LogP contribution in [0.25, 0.3) is 16.8 Å². The molecule has 1 heterocycles. The number of rotatable bonds is 6. The van der Waals surface area contributed by atoms with Gasteiger partial charge in [0.2, 0.25) is 0 Å². The fourth-order valence-corrected chi connectivity index (χ4v) is 6.27. The Balaban J connectivity index is 1.41. The molecule has 7 heteroatoms. The second kappa shape index (κ2) is 10.7. The van der Waals surface area contributed by atoms with Gasteiger partial charge in [0.05, 0.1) is 22.2 Å². The summed E-state index contributed by atoms with van der Waals surface area (Å²) >= 11 is 10.5. The molecule has 4 nitrogen and oxygen atoms in total. The molecule has 5 rings (SSSR count). The summed E-state index contributed by atoms with van der Waals surface area (Å²) in [6, 6.07) is 24.2. The third kappa shape index (κ3) is 5.17. The number of benzene rings is 4. The number of aryl methyl sites for hydroxylation is 2. The van der Waals surface area contributed by atoms with Crippen LogP contribution in [0.1, 0.15) is 22.3 Å². The van der Waals surface area contributed by atoms with Gasteiger partial charge in [-0.15, -0.1) is 0 Å². The van der Waals surface area contributed by atoms with Crippen LogP contribution in [0.5, 0.6) is 11.5 Å². The van der Waals surface area contributed by atoms with Gasteiger partial charge in [-0.05, 0) is 81.5 Å². The average Bonchev–Trinajstić information content (AvgIpc) is 3.15. The summed E-state index contributed by atoms with van der Waals surface area (Å²) in [6.45, 7) is 4.41. The minimum Gasteiger partial charge on any atom is -0.493 e. The first-order valence-electron chi connectivity index (χ1n) is 11.7. The molecule has 1 aliphatic heterocycles. The minimum absolute atomic E-state index is 0.131. The molecule has 4 aromatic rings. The molecule has 0 atom stereocenters. The Kier molecular flexibility index (Phi) is 7.38. The molecule has 0 aromatic heterocycles. The molecule has 4 aromatic carbocycles. The van der Waals surface area contributed by atoms with Crippen LogP contribution in [0.3, 0.4) is 0 Å². The summed E-state index contributed by atoms with van der Waals surface area (Å²) in [5.41, 5.74) is 4.86. The highest BCUT2D eigenvalue weighted by atomic mass is 79.9. The van der Waals surface area contributed by atoms with E-state index in [1.54, 1.807) is 12.0 Å². The van der Waals surface area contributed by atoms with E-state index in [0.717, 1.165) is 37.8 Å². The van der Waals surface area contributed by atoms with E-state index in [2.05, 4.69) is 46.3 Å². The van der Waals surface area contributed by atoms with Crippen molar-refractivity contribution in [3.05, 3.63) is 104 Å². The number of thiocarbonyl (C=S) groups is 1. The smallest absolute Gasteiger partial charge is 0.270 e. The van der Waals surface area contributed by atoms with Crippen molar-refractivity contribution in [3.63, 3.8) is 0 Å². The lowest BCUT2D eigenvalue weighted by Crippen LogP contribution is -2.28. The molecule has 0 unspecified atom stereocenters. The number of hydrogen-bond donors (Lipinski definition) is 0. The highest BCUT2D eigenvalue weighted by molar-refractivity contribution is 9.10.